The molecule has 0 spiro atoms. The molecular formula is C21H25N5O2S. The standard InChI is InChI=1S/C21H25N5O2S/c1-15-7-5-11-25(13-15)20-23-24-21(26(20)14-17-10-6-12-28-17)29-18(19(22)27)16-8-3-2-4-9-16/h2-4,6,8-10,12,15,18H,5,7,11,13-14H2,1H3,(H2,22,27)/t15-,18-/m1/s1. The van der Waals surface area contributed by atoms with E-state index in [-0.39, 0.29) is 0 Å². The maximum Gasteiger partial charge on any atom is 0.235 e. The van der Waals surface area contributed by atoms with Gasteiger partial charge in [0.05, 0.1) is 12.8 Å². The van der Waals surface area contributed by atoms with Gasteiger partial charge >= 0.3 is 0 Å². The zero-order chi connectivity index (χ0) is 20.2. The number of primary amides is 1. The van der Waals surface area contributed by atoms with Gasteiger partial charge in [-0.3, -0.25) is 9.36 Å². The first-order valence-corrected chi connectivity index (χ1v) is 10.7. The lowest BCUT2D eigenvalue weighted by atomic mass is 10.0. The van der Waals surface area contributed by atoms with Crippen LogP contribution in [-0.2, 0) is 11.3 Å². The van der Waals surface area contributed by atoms with Crippen molar-refractivity contribution in [3.05, 3.63) is 60.1 Å². The molecule has 29 heavy (non-hydrogen) atoms. The molecule has 1 fully saturated rings. The van der Waals surface area contributed by atoms with Crippen molar-refractivity contribution < 1.29 is 9.21 Å². The van der Waals surface area contributed by atoms with Crippen LogP contribution < -0.4 is 10.6 Å². The predicted octanol–water partition coefficient (Wildman–Crippen LogP) is 3.47. The van der Waals surface area contributed by atoms with E-state index >= 15 is 0 Å². The van der Waals surface area contributed by atoms with Gasteiger partial charge in [-0.2, -0.15) is 0 Å². The Hall–Kier alpha value is -2.74. The fraction of sp³-hybridized carbons (Fsp3) is 0.381. The number of anilines is 1. The van der Waals surface area contributed by atoms with E-state index in [4.69, 9.17) is 10.2 Å². The van der Waals surface area contributed by atoms with Crippen LogP contribution in [0.2, 0.25) is 0 Å². The van der Waals surface area contributed by atoms with E-state index in [9.17, 15) is 4.79 Å². The average Bonchev–Trinajstić information content (AvgIpc) is 3.37. The largest absolute Gasteiger partial charge is 0.467 e. The highest BCUT2D eigenvalue weighted by Crippen LogP contribution is 2.36. The Labute approximate surface area is 174 Å². The van der Waals surface area contributed by atoms with Crippen molar-refractivity contribution in [2.45, 2.75) is 36.7 Å². The number of hydrogen-bond acceptors (Lipinski definition) is 6. The van der Waals surface area contributed by atoms with Crippen LogP contribution in [0.1, 0.15) is 36.3 Å². The zero-order valence-corrected chi connectivity index (χ0v) is 17.2. The molecule has 1 amide bonds. The lowest BCUT2D eigenvalue weighted by molar-refractivity contribution is -0.117. The third kappa shape index (κ3) is 4.48. The van der Waals surface area contributed by atoms with Crippen LogP contribution in [0.25, 0.3) is 0 Å². The normalized spacial score (nSPS) is 18.0. The first kappa shape index (κ1) is 19.6. The van der Waals surface area contributed by atoms with Crippen molar-refractivity contribution in [1.82, 2.24) is 14.8 Å². The lowest BCUT2D eigenvalue weighted by Crippen LogP contribution is -2.36. The van der Waals surface area contributed by atoms with E-state index in [1.54, 1.807) is 6.26 Å². The SMILES string of the molecule is C[C@@H]1CCCN(c2nnc(S[C@@H](C(N)=O)c3ccccc3)n2Cc2ccco2)C1. The Morgan fingerprint density at radius 3 is 2.79 bits per heavy atom. The van der Waals surface area contributed by atoms with Crippen LogP contribution >= 0.6 is 11.8 Å². The van der Waals surface area contributed by atoms with Crippen LogP contribution in [0.4, 0.5) is 5.95 Å². The van der Waals surface area contributed by atoms with Crippen LogP contribution in [-0.4, -0.2) is 33.8 Å². The molecule has 0 aliphatic carbocycles. The number of hydrogen-bond donors (Lipinski definition) is 1. The number of aromatic nitrogens is 3. The first-order valence-electron chi connectivity index (χ1n) is 9.83. The number of piperidine rings is 1. The number of benzene rings is 1. The molecule has 1 aliphatic rings. The molecule has 3 heterocycles. The molecule has 1 aliphatic heterocycles. The van der Waals surface area contributed by atoms with Crippen LogP contribution in [0.15, 0.2) is 58.3 Å². The minimum Gasteiger partial charge on any atom is -0.467 e. The van der Waals surface area contributed by atoms with Crippen molar-refractivity contribution in [3.63, 3.8) is 0 Å². The molecule has 152 valence electrons. The van der Waals surface area contributed by atoms with Crippen molar-refractivity contribution in [2.24, 2.45) is 11.7 Å². The predicted molar refractivity (Wildman–Crippen MR) is 113 cm³/mol. The molecule has 7 nitrogen and oxygen atoms in total. The molecule has 2 N–H and O–H groups in total. The highest BCUT2D eigenvalue weighted by atomic mass is 32.2. The number of thioether (sulfide) groups is 1. The molecule has 3 aromatic rings. The molecule has 1 saturated heterocycles. The van der Waals surface area contributed by atoms with Gasteiger partial charge in [0, 0.05) is 13.1 Å². The summed E-state index contributed by atoms with van der Waals surface area (Å²) in [6, 6.07) is 13.3. The van der Waals surface area contributed by atoms with E-state index in [0.29, 0.717) is 17.6 Å². The second kappa shape index (κ2) is 8.73. The van der Waals surface area contributed by atoms with Gasteiger partial charge in [-0.15, -0.1) is 10.2 Å². The van der Waals surface area contributed by atoms with Crippen molar-refractivity contribution >= 4 is 23.6 Å². The third-order valence-electron chi connectivity index (χ3n) is 5.12. The molecular weight excluding hydrogens is 386 g/mol. The summed E-state index contributed by atoms with van der Waals surface area (Å²) < 4.78 is 7.59. The summed E-state index contributed by atoms with van der Waals surface area (Å²) in [6.07, 6.45) is 4.01. The Balaban J connectivity index is 1.67. The number of amides is 1. The van der Waals surface area contributed by atoms with E-state index in [0.717, 1.165) is 36.8 Å². The second-order valence-electron chi connectivity index (χ2n) is 7.45. The number of furan rings is 1. The third-order valence-corrected chi connectivity index (χ3v) is 6.37. The summed E-state index contributed by atoms with van der Waals surface area (Å²) >= 11 is 1.33. The highest BCUT2D eigenvalue weighted by Gasteiger charge is 2.27. The van der Waals surface area contributed by atoms with Crippen LogP contribution in [0.5, 0.6) is 0 Å². The van der Waals surface area contributed by atoms with Crippen LogP contribution in [0.3, 0.4) is 0 Å². The van der Waals surface area contributed by atoms with Crippen molar-refractivity contribution in [2.75, 3.05) is 18.0 Å². The monoisotopic (exact) mass is 411 g/mol. The van der Waals surface area contributed by atoms with Gasteiger partial charge in [0.15, 0.2) is 5.16 Å². The molecule has 0 bridgehead atoms. The summed E-state index contributed by atoms with van der Waals surface area (Å²) in [5.41, 5.74) is 6.58. The van der Waals surface area contributed by atoms with Crippen molar-refractivity contribution in [1.29, 1.82) is 0 Å². The van der Waals surface area contributed by atoms with E-state index in [1.165, 1.54) is 18.2 Å². The molecule has 1 aromatic carbocycles. The van der Waals surface area contributed by atoms with Crippen molar-refractivity contribution in [3.8, 4) is 0 Å². The van der Waals surface area contributed by atoms with Gasteiger partial charge in [0.2, 0.25) is 11.9 Å². The Kier molecular flexibility index (Phi) is 5.89. The Bertz CT molecular complexity index is 941. The number of carbonyl (C=O) groups excluding carboxylic acids is 1. The number of carbonyl (C=O) groups is 1. The van der Waals surface area contributed by atoms with E-state index in [1.807, 2.05) is 47.0 Å². The summed E-state index contributed by atoms with van der Waals surface area (Å²) in [4.78, 5) is 14.5. The molecule has 8 heteroatoms. The number of nitrogens with two attached hydrogens (primary N) is 1. The summed E-state index contributed by atoms with van der Waals surface area (Å²) in [6.45, 7) is 4.65. The van der Waals surface area contributed by atoms with Gasteiger partial charge < -0.3 is 15.1 Å². The lowest BCUT2D eigenvalue weighted by Gasteiger charge is -2.31. The van der Waals surface area contributed by atoms with Gasteiger partial charge in [-0.25, -0.2) is 0 Å². The molecule has 0 unspecified atom stereocenters. The maximum absolute atomic E-state index is 12.2. The highest BCUT2D eigenvalue weighted by molar-refractivity contribution is 8.00. The van der Waals surface area contributed by atoms with E-state index < -0.39 is 11.2 Å². The fourth-order valence-corrected chi connectivity index (χ4v) is 4.68. The minimum absolute atomic E-state index is 0.401. The zero-order valence-electron chi connectivity index (χ0n) is 16.4. The van der Waals surface area contributed by atoms with E-state index in [2.05, 4.69) is 22.0 Å². The van der Waals surface area contributed by atoms with Gasteiger partial charge in [0.1, 0.15) is 11.0 Å². The van der Waals surface area contributed by atoms with Gasteiger partial charge in [-0.05, 0) is 36.5 Å². The molecule has 4 rings (SSSR count). The molecule has 0 radical (unpaired) electrons. The summed E-state index contributed by atoms with van der Waals surface area (Å²) in [7, 11) is 0. The summed E-state index contributed by atoms with van der Waals surface area (Å²) in [5, 5.41) is 9.03. The first-order chi connectivity index (χ1) is 14.1. The fourth-order valence-electron chi connectivity index (χ4n) is 3.69. The minimum atomic E-state index is -0.538. The van der Waals surface area contributed by atoms with Crippen LogP contribution in [0, 0.1) is 5.92 Å². The molecule has 2 atom stereocenters. The second-order valence-corrected chi connectivity index (χ2v) is 8.52. The molecule has 2 aromatic heterocycles. The quantitative estimate of drug-likeness (QED) is 0.599. The number of nitrogens with zero attached hydrogens (tertiary/aromatic N) is 4. The Morgan fingerprint density at radius 2 is 2.10 bits per heavy atom. The average molecular weight is 412 g/mol. The maximum atomic E-state index is 12.2. The summed E-state index contributed by atoms with van der Waals surface area (Å²) in [5.74, 6) is 1.83. The van der Waals surface area contributed by atoms with Gasteiger partial charge in [0.25, 0.3) is 0 Å². The van der Waals surface area contributed by atoms with Gasteiger partial charge in [-0.1, -0.05) is 49.0 Å². The topological polar surface area (TPSA) is 90.2 Å². The molecule has 0 saturated carbocycles. The smallest absolute Gasteiger partial charge is 0.235 e. The Morgan fingerprint density at radius 1 is 1.28 bits per heavy atom. The number of rotatable bonds is 7.